The average molecular weight is 357 g/mol. The zero-order valence-corrected chi connectivity index (χ0v) is 15.6. The Morgan fingerprint density at radius 1 is 0.962 bits per heavy atom. The van der Waals surface area contributed by atoms with Crippen molar-refractivity contribution in [3.8, 4) is 0 Å². The van der Waals surface area contributed by atoms with Crippen molar-refractivity contribution in [1.29, 1.82) is 0 Å². The SMILES string of the molecule is O=C(CN1CCC(NC(=O)c2ccccc2)CC1)NCC1CCCCC1. The summed E-state index contributed by atoms with van der Waals surface area (Å²) in [6.45, 7) is 3.03. The molecular weight excluding hydrogens is 326 g/mol. The second kappa shape index (κ2) is 9.72. The summed E-state index contributed by atoms with van der Waals surface area (Å²) in [6, 6.07) is 9.54. The van der Waals surface area contributed by atoms with Crippen LogP contribution < -0.4 is 10.6 Å². The fraction of sp³-hybridized carbons (Fsp3) is 0.619. The summed E-state index contributed by atoms with van der Waals surface area (Å²) >= 11 is 0. The van der Waals surface area contributed by atoms with Crippen LogP contribution in [0.5, 0.6) is 0 Å². The maximum atomic E-state index is 12.2. The van der Waals surface area contributed by atoms with Crippen molar-refractivity contribution in [1.82, 2.24) is 15.5 Å². The van der Waals surface area contributed by atoms with E-state index in [2.05, 4.69) is 15.5 Å². The highest BCUT2D eigenvalue weighted by atomic mass is 16.2. The maximum Gasteiger partial charge on any atom is 0.251 e. The van der Waals surface area contributed by atoms with Crippen molar-refractivity contribution in [3.05, 3.63) is 35.9 Å². The van der Waals surface area contributed by atoms with Crippen molar-refractivity contribution >= 4 is 11.8 Å². The minimum Gasteiger partial charge on any atom is -0.355 e. The number of hydrogen-bond acceptors (Lipinski definition) is 3. The molecule has 1 aromatic rings. The predicted octanol–water partition coefficient (Wildman–Crippen LogP) is 2.58. The first-order chi connectivity index (χ1) is 12.7. The molecule has 2 aliphatic rings. The monoisotopic (exact) mass is 357 g/mol. The van der Waals surface area contributed by atoms with Crippen LogP contribution in [0.15, 0.2) is 30.3 Å². The molecule has 0 aromatic heterocycles. The molecule has 1 heterocycles. The largest absolute Gasteiger partial charge is 0.355 e. The molecule has 0 unspecified atom stereocenters. The van der Waals surface area contributed by atoms with Gasteiger partial charge in [-0.25, -0.2) is 0 Å². The van der Waals surface area contributed by atoms with E-state index in [-0.39, 0.29) is 17.9 Å². The molecule has 5 heteroatoms. The Morgan fingerprint density at radius 3 is 2.35 bits per heavy atom. The number of piperidine rings is 1. The molecule has 5 nitrogen and oxygen atoms in total. The summed E-state index contributed by atoms with van der Waals surface area (Å²) in [7, 11) is 0. The van der Waals surface area contributed by atoms with E-state index in [1.54, 1.807) is 0 Å². The molecule has 0 bridgehead atoms. The fourth-order valence-corrected chi connectivity index (χ4v) is 4.00. The molecule has 1 aromatic carbocycles. The Hall–Kier alpha value is -1.88. The van der Waals surface area contributed by atoms with Crippen LogP contribution in [-0.4, -0.2) is 48.9 Å². The molecule has 1 saturated heterocycles. The van der Waals surface area contributed by atoms with Gasteiger partial charge in [-0.2, -0.15) is 0 Å². The first-order valence-corrected chi connectivity index (χ1v) is 10.1. The van der Waals surface area contributed by atoms with Crippen LogP contribution in [0.25, 0.3) is 0 Å². The molecule has 0 atom stereocenters. The van der Waals surface area contributed by atoms with Crippen LogP contribution in [0.1, 0.15) is 55.3 Å². The molecule has 3 rings (SSSR count). The van der Waals surface area contributed by atoms with E-state index in [4.69, 9.17) is 0 Å². The van der Waals surface area contributed by atoms with Gasteiger partial charge in [-0.3, -0.25) is 14.5 Å². The number of hydrogen-bond donors (Lipinski definition) is 2. The number of nitrogens with zero attached hydrogens (tertiary/aromatic N) is 1. The van der Waals surface area contributed by atoms with Crippen LogP contribution in [0.3, 0.4) is 0 Å². The van der Waals surface area contributed by atoms with Gasteiger partial charge >= 0.3 is 0 Å². The zero-order valence-electron chi connectivity index (χ0n) is 15.6. The summed E-state index contributed by atoms with van der Waals surface area (Å²) < 4.78 is 0. The van der Waals surface area contributed by atoms with E-state index in [1.807, 2.05) is 30.3 Å². The van der Waals surface area contributed by atoms with Crippen LogP contribution in [0.2, 0.25) is 0 Å². The first kappa shape index (κ1) is 18.9. The molecule has 1 aliphatic heterocycles. The number of carbonyl (C=O) groups excluding carboxylic acids is 2. The third-order valence-corrected chi connectivity index (χ3v) is 5.64. The predicted molar refractivity (Wildman–Crippen MR) is 103 cm³/mol. The smallest absolute Gasteiger partial charge is 0.251 e. The zero-order chi connectivity index (χ0) is 18.2. The molecule has 0 radical (unpaired) electrons. The van der Waals surface area contributed by atoms with Crippen molar-refractivity contribution in [3.63, 3.8) is 0 Å². The van der Waals surface area contributed by atoms with Crippen molar-refractivity contribution in [2.75, 3.05) is 26.2 Å². The second-order valence-corrected chi connectivity index (χ2v) is 7.70. The van der Waals surface area contributed by atoms with E-state index < -0.39 is 0 Å². The fourth-order valence-electron chi connectivity index (χ4n) is 4.00. The highest BCUT2D eigenvalue weighted by molar-refractivity contribution is 5.94. The van der Waals surface area contributed by atoms with Gasteiger partial charge < -0.3 is 10.6 Å². The van der Waals surface area contributed by atoms with E-state index in [0.717, 1.165) is 32.5 Å². The molecule has 0 spiro atoms. The quantitative estimate of drug-likeness (QED) is 0.823. The van der Waals surface area contributed by atoms with Gasteiger partial charge in [-0.05, 0) is 43.7 Å². The van der Waals surface area contributed by atoms with Crippen molar-refractivity contribution in [2.45, 2.75) is 51.0 Å². The van der Waals surface area contributed by atoms with Gasteiger partial charge in [-0.15, -0.1) is 0 Å². The number of benzene rings is 1. The lowest BCUT2D eigenvalue weighted by atomic mass is 9.89. The van der Waals surface area contributed by atoms with E-state index in [9.17, 15) is 9.59 Å². The van der Waals surface area contributed by atoms with Crippen LogP contribution in [0.4, 0.5) is 0 Å². The molecule has 142 valence electrons. The summed E-state index contributed by atoms with van der Waals surface area (Å²) in [4.78, 5) is 26.6. The third-order valence-electron chi connectivity index (χ3n) is 5.64. The number of carbonyl (C=O) groups is 2. The van der Waals surface area contributed by atoms with E-state index in [1.165, 1.54) is 32.1 Å². The molecule has 2 fully saturated rings. The summed E-state index contributed by atoms with van der Waals surface area (Å²) in [6.07, 6.45) is 8.27. The summed E-state index contributed by atoms with van der Waals surface area (Å²) in [5.41, 5.74) is 0.706. The second-order valence-electron chi connectivity index (χ2n) is 7.70. The van der Waals surface area contributed by atoms with Gasteiger partial charge in [0.1, 0.15) is 0 Å². The lowest BCUT2D eigenvalue weighted by Crippen LogP contribution is -2.47. The van der Waals surface area contributed by atoms with Gasteiger partial charge in [0.2, 0.25) is 5.91 Å². The van der Waals surface area contributed by atoms with E-state index in [0.29, 0.717) is 18.0 Å². The molecule has 1 saturated carbocycles. The van der Waals surface area contributed by atoms with Crippen LogP contribution in [0, 0.1) is 5.92 Å². The Kier molecular flexibility index (Phi) is 7.06. The topological polar surface area (TPSA) is 61.4 Å². The lowest BCUT2D eigenvalue weighted by molar-refractivity contribution is -0.122. The Labute approximate surface area is 156 Å². The highest BCUT2D eigenvalue weighted by Gasteiger charge is 2.23. The minimum atomic E-state index is -0.00530. The molecular formula is C21H31N3O2. The molecule has 1 aliphatic carbocycles. The summed E-state index contributed by atoms with van der Waals surface area (Å²) in [5, 5.41) is 6.23. The maximum absolute atomic E-state index is 12.2. The van der Waals surface area contributed by atoms with Gasteiger partial charge in [0.25, 0.3) is 5.91 Å². The molecule has 2 amide bonds. The normalized spacial score (nSPS) is 19.8. The van der Waals surface area contributed by atoms with Gasteiger partial charge in [0.15, 0.2) is 0 Å². The Bertz CT molecular complexity index is 576. The van der Waals surface area contributed by atoms with Gasteiger partial charge in [-0.1, -0.05) is 37.5 Å². The Balaban J connectivity index is 1.33. The average Bonchev–Trinajstić information content (AvgIpc) is 2.69. The van der Waals surface area contributed by atoms with Crippen LogP contribution in [-0.2, 0) is 4.79 Å². The first-order valence-electron chi connectivity index (χ1n) is 10.1. The van der Waals surface area contributed by atoms with Crippen molar-refractivity contribution < 1.29 is 9.59 Å². The van der Waals surface area contributed by atoms with Crippen LogP contribution >= 0.6 is 0 Å². The van der Waals surface area contributed by atoms with Gasteiger partial charge in [0, 0.05) is 31.2 Å². The number of rotatable bonds is 6. The number of nitrogens with one attached hydrogen (secondary N) is 2. The molecule has 26 heavy (non-hydrogen) atoms. The standard InChI is InChI=1S/C21H31N3O2/c25-20(22-15-17-7-3-1-4-8-17)16-24-13-11-19(12-14-24)23-21(26)18-9-5-2-6-10-18/h2,5-6,9-10,17,19H,1,3-4,7-8,11-16H2,(H,22,25)(H,23,26). The lowest BCUT2D eigenvalue weighted by Gasteiger charge is -2.32. The van der Waals surface area contributed by atoms with E-state index >= 15 is 0 Å². The highest BCUT2D eigenvalue weighted by Crippen LogP contribution is 2.22. The Morgan fingerprint density at radius 2 is 1.65 bits per heavy atom. The summed E-state index contributed by atoms with van der Waals surface area (Å²) in [5.74, 6) is 0.809. The van der Waals surface area contributed by atoms with Crippen molar-refractivity contribution in [2.24, 2.45) is 5.92 Å². The number of likely N-dealkylation sites (tertiary alicyclic amines) is 1. The number of amides is 2. The minimum absolute atomic E-state index is 0.00530. The molecule has 2 N–H and O–H groups in total. The van der Waals surface area contributed by atoms with Gasteiger partial charge in [0.05, 0.1) is 6.54 Å². The third kappa shape index (κ3) is 5.84.